The van der Waals surface area contributed by atoms with Gasteiger partial charge in [0.25, 0.3) is 0 Å². The van der Waals surface area contributed by atoms with Crippen molar-refractivity contribution in [3.05, 3.63) is 47.0 Å². The van der Waals surface area contributed by atoms with E-state index in [-0.39, 0.29) is 6.04 Å². The van der Waals surface area contributed by atoms with Crippen LogP contribution in [-0.4, -0.2) is 6.04 Å². The first-order chi connectivity index (χ1) is 8.65. The Balaban J connectivity index is 2.04. The minimum Gasteiger partial charge on any atom is -0.324 e. The zero-order chi connectivity index (χ0) is 13.0. The van der Waals surface area contributed by atoms with E-state index in [0.29, 0.717) is 5.92 Å². The minimum absolute atomic E-state index is 0.275. The lowest BCUT2D eigenvalue weighted by atomic mass is 9.97. The number of hydrogen-bond acceptors (Lipinski definition) is 1. The number of benzene rings is 1. The average molecular weight is 243 g/mol. The summed E-state index contributed by atoms with van der Waals surface area (Å²) in [6.07, 6.45) is 8.31. The third-order valence-corrected chi connectivity index (χ3v) is 3.81. The third kappa shape index (κ3) is 3.71. The highest BCUT2D eigenvalue weighted by Gasteiger charge is 2.09. The minimum atomic E-state index is 0.275. The van der Waals surface area contributed by atoms with Gasteiger partial charge in [-0.3, -0.25) is 0 Å². The SMILES string of the molecule is CC(C)c1ccc(CC2=CC(N)CCCC2)cc1. The fourth-order valence-corrected chi connectivity index (χ4v) is 2.63. The van der Waals surface area contributed by atoms with Crippen molar-refractivity contribution in [1.29, 1.82) is 0 Å². The molecule has 1 aliphatic carbocycles. The van der Waals surface area contributed by atoms with E-state index in [9.17, 15) is 0 Å². The molecule has 0 saturated heterocycles. The van der Waals surface area contributed by atoms with E-state index < -0.39 is 0 Å². The number of nitrogens with two attached hydrogens (primary N) is 1. The molecule has 1 aliphatic rings. The molecule has 1 aromatic rings. The Morgan fingerprint density at radius 2 is 1.89 bits per heavy atom. The smallest absolute Gasteiger partial charge is 0.0226 e. The van der Waals surface area contributed by atoms with Crippen molar-refractivity contribution in [3.8, 4) is 0 Å². The van der Waals surface area contributed by atoms with Gasteiger partial charge in [0.05, 0.1) is 0 Å². The Hall–Kier alpha value is -1.08. The van der Waals surface area contributed by atoms with Crippen LogP contribution in [0.15, 0.2) is 35.9 Å². The zero-order valence-electron chi connectivity index (χ0n) is 11.7. The van der Waals surface area contributed by atoms with E-state index >= 15 is 0 Å². The summed E-state index contributed by atoms with van der Waals surface area (Å²) in [4.78, 5) is 0. The molecule has 2 rings (SSSR count). The summed E-state index contributed by atoms with van der Waals surface area (Å²) in [5.74, 6) is 0.615. The third-order valence-electron chi connectivity index (χ3n) is 3.81. The van der Waals surface area contributed by atoms with E-state index in [0.717, 1.165) is 12.8 Å². The molecule has 0 heterocycles. The van der Waals surface area contributed by atoms with Gasteiger partial charge < -0.3 is 5.73 Å². The lowest BCUT2D eigenvalue weighted by Gasteiger charge is -2.09. The number of allylic oxidation sites excluding steroid dienone is 1. The normalized spacial score (nSPS) is 20.7. The van der Waals surface area contributed by atoms with Gasteiger partial charge in [-0.05, 0) is 42.7 Å². The Bertz CT molecular complexity index is 400. The van der Waals surface area contributed by atoms with Crippen LogP contribution in [0.5, 0.6) is 0 Å². The van der Waals surface area contributed by atoms with Crippen molar-refractivity contribution in [2.45, 2.75) is 57.9 Å². The maximum Gasteiger partial charge on any atom is 0.0226 e. The monoisotopic (exact) mass is 243 g/mol. The summed E-state index contributed by atoms with van der Waals surface area (Å²) in [5.41, 5.74) is 10.4. The Labute approximate surface area is 111 Å². The van der Waals surface area contributed by atoms with Crippen molar-refractivity contribution < 1.29 is 0 Å². The average Bonchev–Trinajstić information content (AvgIpc) is 2.54. The second-order valence-corrected chi connectivity index (χ2v) is 5.81. The summed E-state index contributed by atoms with van der Waals surface area (Å²) in [6.45, 7) is 4.48. The van der Waals surface area contributed by atoms with Crippen LogP contribution in [0.2, 0.25) is 0 Å². The van der Waals surface area contributed by atoms with E-state index in [1.165, 1.54) is 36.0 Å². The van der Waals surface area contributed by atoms with E-state index in [1.54, 1.807) is 0 Å². The van der Waals surface area contributed by atoms with Crippen LogP contribution in [0, 0.1) is 0 Å². The topological polar surface area (TPSA) is 26.0 Å². The molecule has 98 valence electrons. The molecule has 1 atom stereocenters. The maximum absolute atomic E-state index is 6.07. The summed E-state index contributed by atoms with van der Waals surface area (Å²) in [6, 6.07) is 9.34. The molecule has 0 saturated carbocycles. The standard InChI is InChI=1S/C17H25N/c1-13(2)16-9-7-14(8-10-16)11-15-5-3-4-6-17(18)12-15/h7-10,12-13,17H,3-6,11,18H2,1-2H3. The molecular weight excluding hydrogens is 218 g/mol. The van der Waals surface area contributed by atoms with Crippen LogP contribution >= 0.6 is 0 Å². The van der Waals surface area contributed by atoms with Gasteiger partial charge in [0.2, 0.25) is 0 Å². The highest BCUT2D eigenvalue weighted by Crippen LogP contribution is 2.22. The summed E-state index contributed by atoms with van der Waals surface area (Å²) >= 11 is 0. The Morgan fingerprint density at radius 1 is 1.17 bits per heavy atom. The largest absolute Gasteiger partial charge is 0.324 e. The van der Waals surface area contributed by atoms with Gasteiger partial charge in [0, 0.05) is 6.04 Å². The lowest BCUT2D eigenvalue weighted by molar-refractivity contribution is 0.654. The molecule has 1 nitrogen and oxygen atoms in total. The first kappa shape index (κ1) is 13.4. The molecule has 18 heavy (non-hydrogen) atoms. The van der Waals surface area contributed by atoms with Crippen LogP contribution in [0.4, 0.5) is 0 Å². The van der Waals surface area contributed by atoms with Crippen molar-refractivity contribution in [2.24, 2.45) is 5.73 Å². The van der Waals surface area contributed by atoms with Crippen molar-refractivity contribution >= 4 is 0 Å². The molecule has 0 bridgehead atoms. The Kier molecular flexibility index (Phi) is 4.60. The second-order valence-electron chi connectivity index (χ2n) is 5.81. The first-order valence-electron chi connectivity index (χ1n) is 7.19. The van der Waals surface area contributed by atoms with E-state index in [4.69, 9.17) is 5.73 Å². The maximum atomic E-state index is 6.07. The van der Waals surface area contributed by atoms with E-state index in [2.05, 4.69) is 44.2 Å². The molecule has 0 fully saturated rings. The molecule has 0 spiro atoms. The van der Waals surface area contributed by atoms with Crippen molar-refractivity contribution in [3.63, 3.8) is 0 Å². The summed E-state index contributed by atoms with van der Waals surface area (Å²) in [7, 11) is 0. The molecule has 1 aromatic carbocycles. The van der Waals surface area contributed by atoms with Gasteiger partial charge in [0.15, 0.2) is 0 Å². The molecule has 0 amide bonds. The van der Waals surface area contributed by atoms with Gasteiger partial charge in [-0.15, -0.1) is 0 Å². The molecular formula is C17H25N. The second kappa shape index (κ2) is 6.19. The zero-order valence-corrected chi connectivity index (χ0v) is 11.7. The Morgan fingerprint density at radius 3 is 2.56 bits per heavy atom. The van der Waals surface area contributed by atoms with Crippen LogP contribution in [-0.2, 0) is 6.42 Å². The van der Waals surface area contributed by atoms with Crippen LogP contribution in [0.1, 0.15) is 56.6 Å². The molecule has 1 heteroatoms. The van der Waals surface area contributed by atoms with Gasteiger partial charge >= 0.3 is 0 Å². The molecule has 0 aliphatic heterocycles. The summed E-state index contributed by atoms with van der Waals surface area (Å²) < 4.78 is 0. The molecule has 2 N–H and O–H groups in total. The van der Waals surface area contributed by atoms with E-state index in [1.807, 2.05) is 0 Å². The highest BCUT2D eigenvalue weighted by atomic mass is 14.6. The predicted octanol–water partition coefficient (Wildman–Crippen LogP) is 4.18. The molecule has 0 aromatic heterocycles. The van der Waals surface area contributed by atoms with Crippen LogP contribution in [0.3, 0.4) is 0 Å². The predicted molar refractivity (Wildman–Crippen MR) is 78.8 cm³/mol. The fourth-order valence-electron chi connectivity index (χ4n) is 2.63. The molecule has 0 radical (unpaired) electrons. The quantitative estimate of drug-likeness (QED) is 0.792. The number of rotatable bonds is 3. The van der Waals surface area contributed by atoms with Crippen LogP contribution < -0.4 is 5.73 Å². The lowest BCUT2D eigenvalue weighted by Crippen LogP contribution is -2.16. The van der Waals surface area contributed by atoms with Crippen LogP contribution in [0.25, 0.3) is 0 Å². The number of hydrogen-bond donors (Lipinski definition) is 1. The van der Waals surface area contributed by atoms with Gasteiger partial charge in [-0.25, -0.2) is 0 Å². The highest BCUT2D eigenvalue weighted by molar-refractivity contribution is 5.28. The molecule has 1 unspecified atom stereocenters. The fraction of sp³-hybridized carbons (Fsp3) is 0.529. The van der Waals surface area contributed by atoms with Gasteiger partial charge in [-0.1, -0.05) is 56.2 Å². The first-order valence-corrected chi connectivity index (χ1v) is 7.19. The van der Waals surface area contributed by atoms with Gasteiger partial charge in [-0.2, -0.15) is 0 Å². The van der Waals surface area contributed by atoms with Crippen molar-refractivity contribution in [1.82, 2.24) is 0 Å². The summed E-state index contributed by atoms with van der Waals surface area (Å²) in [5, 5.41) is 0. The van der Waals surface area contributed by atoms with Crippen molar-refractivity contribution in [2.75, 3.05) is 0 Å². The van der Waals surface area contributed by atoms with Gasteiger partial charge in [0.1, 0.15) is 0 Å².